The fourth-order valence-electron chi connectivity index (χ4n) is 4.29. The molecule has 3 nitrogen and oxygen atoms in total. The summed E-state index contributed by atoms with van der Waals surface area (Å²) in [6.07, 6.45) is 6.94. The van der Waals surface area contributed by atoms with E-state index in [0.717, 1.165) is 32.1 Å². The predicted octanol–water partition coefficient (Wildman–Crippen LogP) is 7.69. The molecular weight excluding hydrogens is 443 g/mol. The first-order chi connectivity index (χ1) is 15.5. The molecule has 0 aliphatic rings. The van der Waals surface area contributed by atoms with Crippen LogP contribution >= 0.6 is 0 Å². The molecule has 1 aromatic carbocycles. The van der Waals surface area contributed by atoms with Crippen molar-refractivity contribution in [1.29, 1.82) is 0 Å². The average molecular weight is 483 g/mol. The summed E-state index contributed by atoms with van der Waals surface area (Å²) in [6.45, 7) is 7.54. The summed E-state index contributed by atoms with van der Waals surface area (Å²) in [6, 6.07) is 0. The molecule has 0 spiro atoms. The standard InChI is InChI=1S/C25H39F5O3/c1-7-8-9-10-11-12-13-18(25(31-5,32-6)33-16(2)3)14-17(4)15-19-20(26)22(28)24(30)23(29)21(19)27/h16-18H,7-15H2,1-6H3. The van der Waals surface area contributed by atoms with E-state index in [9.17, 15) is 22.0 Å². The number of rotatable bonds is 16. The number of unbranched alkanes of at least 4 members (excludes halogenated alkanes) is 5. The maximum Gasteiger partial charge on any atom is 0.285 e. The molecule has 0 aliphatic heterocycles. The Morgan fingerprint density at radius 2 is 1.21 bits per heavy atom. The van der Waals surface area contributed by atoms with Gasteiger partial charge in [-0.05, 0) is 39.0 Å². The van der Waals surface area contributed by atoms with Crippen LogP contribution in [-0.4, -0.2) is 26.3 Å². The number of hydrogen-bond donors (Lipinski definition) is 0. The van der Waals surface area contributed by atoms with Gasteiger partial charge < -0.3 is 14.2 Å². The molecule has 0 saturated heterocycles. The van der Waals surface area contributed by atoms with Crippen LogP contribution in [0.5, 0.6) is 0 Å². The lowest BCUT2D eigenvalue weighted by Gasteiger charge is -2.40. The van der Waals surface area contributed by atoms with Crippen molar-refractivity contribution in [1.82, 2.24) is 0 Å². The Kier molecular flexibility index (Phi) is 12.8. The number of methoxy groups -OCH3 is 2. The third-order valence-electron chi connectivity index (χ3n) is 5.92. The Balaban J connectivity index is 3.06. The smallest absolute Gasteiger partial charge is 0.285 e. The van der Waals surface area contributed by atoms with E-state index in [4.69, 9.17) is 14.2 Å². The van der Waals surface area contributed by atoms with Gasteiger partial charge in [-0.1, -0.05) is 52.4 Å². The van der Waals surface area contributed by atoms with Gasteiger partial charge in [0, 0.05) is 25.7 Å². The van der Waals surface area contributed by atoms with Gasteiger partial charge in [0.2, 0.25) is 5.82 Å². The van der Waals surface area contributed by atoms with Crippen LogP contribution in [0.2, 0.25) is 0 Å². The summed E-state index contributed by atoms with van der Waals surface area (Å²) in [7, 11) is 2.93. The molecule has 0 aromatic heterocycles. The summed E-state index contributed by atoms with van der Waals surface area (Å²) in [5, 5.41) is 0. The van der Waals surface area contributed by atoms with Gasteiger partial charge in [-0.2, -0.15) is 0 Å². The number of hydrogen-bond acceptors (Lipinski definition) is 3. The molecule has 33 heavy (non-hydrogen) atoms. The number of ether oxygens (including phenoxy) is 3. The summed E-state index contributed by atoms with van der Waals surface area (Å²) in [4.78, 5) is 0. The Morgan fingerprint density at radius 3 is 1.70 bits per heavy atom. The molecule has 0 amide bonds. The first kappa shape index (κ1) is 29.8. The fraction of sp³-hybridized carbons (Fsp3) is 0.760. The lowest BCUT2D eigenvalue weighted by Crippen LogP contribution is -2.47. The highest BCUT2D eigenvalue weighted by molar-refractivity contribution is 5.24. The van der Waals surface area contributed by atoms with E-state index in [-0.39, 0.29) is 18.4 Å². The van der Waals surface area contributed by atoms with Gasteiger partial charge in [-0.3, -0.25) is 0 Å². The highest BCUT2D eigenvalue weighted by Crippen LogP contribution is 2.36. The van der Waals surface area contributed by atoms with E-state index in [1.54, 1.807) is 6.92 Å². The molecule has 0 saturated carbocycles. The second-order valence-corrected chi connectivity index (χ2v) is 9.03. The quantitative estimate of drug-likeness (QED) is 0.0795. The van der Waals surface area contributed by atoms with Gasteiger partial charge in [0.25, 0.3) is 5.97 Å². The van der Waals surface area contributed by atoms with E-state index < -0.39 is 46.5 Å². The summed E-state index contributed by atoms with van der Waals surface area (Å²) < 4.78 is 86.3. The van der Waals surface area contributed by atoms with Crippen molar-refractivity contribution in [3.63, 3.8) is 0 Å². The van der Waals surface area contributed by atoms with Gasteiger partial charge in [0.15, 0.2) is 23.3 Å². The zero-order valence-corrected chi connectivity index (χ0v) is 20.7. The van der Waals surface area contributed by atoms with E-state index in [2.05, 4.69) is 6.92 Å². The zero-order chi connectivity index (χ0) is 25.2. The number of halogens is 5. The molecule has 0 fully saturated rings. The minimum atomic E-state index is -2.15. The molecule has 0 heterocycles. The van der Waals surface area contributed by atoms with Crippen molar-refractivity contribution in [2.24, 2.45) is 11.8 Å². The van der Waals surface area contributed by atoms with E-state index in [0.29, 0.717) is 12.8 Å². The second kappa shape index (κ2) is 14.2. The van der Waals surface area contributed by atoms with Gasteiger partial charge in [-0.15, -0.1) is 0 Å². The summed E-state index contributed by atoms with van der Waals surface area (Å²) in [5.74, 6) is -11.7. The van der Waals surface area contributed by atoms with Gasteiger partial charge in [-0.25, -0.2) is 22.0 Å². The van der Waals surface area contributed by atoms with Gasteiger partial charge in [0.05, 0.1) is 6.10 Å². The van der Waals surface area contributed by atoms with Crippen LogP contribution < -0.4 is 0 Å². The minimum absolute atomic E-state index is 0.220. The van der Waals surface area contributed by atoms with E-state index >= 15 is 0 Å². The lowest BCUT2D eigenvalue weighted by atomic mass is 9.85. The topological polar surface area (TPSA) is 27.7 Å². The molecule has 8 heteroatoms. The average Bonchev–Trinajstić information content (AvgIpc) is 2.79. The van der Waals surface area contributed by atoms with Crippen LogP contribution in [0.15, 0.2) is 0 Å². The molecule has 0 bridgehead atoms. The fourth-order valence-corrected chi connectivity index (χ4v) is 4.29. The minimum Gasteiger partial charge on any atom is -0.331 e. The van der Waals surface area contributed by atoms with Crippen LogP contribution in [0.25, 0.3) is 0 Å². The van der Waals surface area contributed by atoms with Crippen LogP contribution in [0.4, 0.5) is 22.0 Å². The SMILES string of the molecule is CCCCCCCCC(CC(C)Cc1c(F)c(F)c(F)c(F)c1F)C(OC)(OC)OC(C)C. The first-order valence-electron chi connectivity index (χ1n) is 11.8. The van der Waals surface area contributed by atoms with E-state index in [1.807, 2.05) is 13.8 Å². The molecule has 0 radical (unpaired) electrons. The van der Waals surface area contributed by atoms with Crippen LogP contribution in [0, 0.1) is 40.9 Å². The highest BCUT2D eigenvalue weighted by Gasteiger charge is 2.42. The third kappa shape index (κ3) is 8.18. The monoisotopic (exact) mass is 482 g/mol. The molecule has 2 atom stereocenters. The van der Waals surface area contributed by atoms with Gasteiger partial charge in [0.1, 0.15) is 0 Å². The molecule has 192 valence electrons. The lowest BCUT2D eigenvalue weighted by molar-refractivity contribution is -0.400. The maximum atomic E-state index is 14.2. The Morgan fingerprint density at radius 1 is 0.727 bits per heavy atom. The molecule has 0 N–H and O–H groups in total. The molecular formula is C25H39F5O3. The maximum absolute atomic E-state index is 14.2. The van der Waals surface area contributed by atoms with Crippen LogP contribution in [0.3, 0.4) is 0 Å². The summed E-state index contributed by atoms with van der Waals surface area (Å²) >= 11 is 0. The van der Waals surface area contributed by atoms with Crippen LogP contribution in [-0.2, 0) is 20.6 Å². The van der Waals surface area contributed by atoms with Gasteiger partial charge >= 0.3 is 0 Å². The zero-order valence-electron chi connectivity index (χ0n) is 20.7. The molecule has 0 aliphatic carbocycles. The predicted molar refractivity (Wildman–Crippen MR) is 118 cm³/mol. The Labute approximate surface area is 195 Å². The van der Waals surface area contributed by atoms with Crippen molar-refractivity contribution < 1.29 is 36.2 Å². The van der Waals surface area contributed by atoms with Crippen molar-refractivity contribution in [2.45, 2.75) is 97.6 Å². The first-order valence-corrected chi connectivity index (χ1v) is 11.8. The molecule has 2 unspecified atom stereocenters. The van der Waals surface area contributed by atoms with E-state index in [1.165, 1.54) is 20.6 Å². The molecule has 1 aromatic rings. The van der Waals surface area contributed by atoms with Crippen molar-refractivity contribution >= 4 is 0 Å². The Bertz CT molecular complexity index is 693. The van der Waals surface area contributed by atoms with Crippen molar-refractivity contribution in [2.75, 3.05) is 14.2 Å². The highest BCUT2D eigenvalue weighted by atomic mass is 19.2. The van der Waals surface area contributed by atoms with Crippen LogP contribution in [0.1, 0.15) is 84.6 Å². The Hall–Kier alpha value is -1.25. The van der Waals surface area contributed by atoms with Crippen molar-refractivity contribution in [3.8, 4) is 0 Å². The summed E-state index contributed by atoms with van der Waals surface area (Å²) in [5.41, 5.74) is -0.803. The third-order valence-corrected chi connectivity index (χ3v) is 5.92. The second-order valence-electron chi connectivity index (χ2n) is 9.03. The molecule has 1 rings (SSSR count). The largest absolute Gasteiger partial charge is 0.331 e. The van der Waals surface area contributed by atoms with Crippen molar-refractivity contribution in [3.05, 3.63) is 34.6 Å². The normalized spacial score (nSPS) is 14.2. The number of benzene rings is 1.